The van der Waals surface area contributed by atoms with Gasteiger partial charge in [0.1, 0.15) is 5.78 Å². The van der Waals surface area contributed by atoms with E-state index in [1.165, 1.54) is 0 Å². The molecule has 0 saturated heterocycles. The first kappa shape index (κ1) is 11.1. The molecule has 3 aliphatic rings. The van der Waals surface area contributed by atoms with Crippen molar-refractivity contribution in [2.75, 3.05) is 0 Å². The van der Waals surface area contributed by atoms with Crippen LogP contribution in [0.2, 0.25) is 0 Å². The second-order valence-corrected chi connectivity index (χ2v) is 6.80. The molecule has 2 bridgehead atoms. The minimum Gasteiger partial charge on any atom is -0.389 e. The highest BCUT2D eigenvalue weighted by atomic mass is 16.3. The molecule has 1 N–H and O–H groups in total. The van der Waals surface area contributed by atoms with E-state index in [9.17, 15) is 9.90 Å². The summed E-state index contributed by atoms with van der Waals surface area (Å²) in [6.45, 7) is 8.43. The Labute approximate surface area is 92.1 Å². The van der Waals surface area contributed by atoms with E-state index in [1.54, 1.807) is 0 Å². The van der Waals surface area contributed by atoms with Gasteiger partial charge in [-0.25, -0.2) is 0 Å². The first-order valence-corrected chi connectivity index (χ1v) is 5.93. The fourth-order valence-electron chi connectivity index (χ4n) is 3.65. The Morgan fingerprint density at radius 3 is 2.40 bits per heavy atom. The van der Waals surface area contributed by atoms with Crippen molar-refractivity contribution in [2.45, 2.75) is 59.0 Å². The Kier molecular flexibility index (Phi) is 2.11. The number of hydrogen-bond donors (Lipinski definition) is 1. The lowest BCUT2D eigenvalue weighted by atomic mass is 9.47. The molecule has 0 heterocycles. The molecule has 2 heteroatoms. The smallest absolute Gasteiger partial charge is 0.139 e. The van der Waals surface area contributed by atoms with Crippen LogP contribution >= 0.6 is 0 Å². The van der Waals surface area contributed by atoms with Crippen LogP contribution in [0, 0.1) is 16.7 Å². The van der Waals surface area contributed by atoms with Crippen molar-refractivity contribution >= 4 is 5.78 Å². The summed E-state index contributed by atoms with van der Waals surface area (Å²) in [5.41, 5.74) is -0.624. The van der Waals surface area contributed by atoms with Gasteiger partial charge < -0.3 is 5.11 Å². The van der Waals surface area contributed by atoms with Crippen molar-refractivity contribution in [3.8, 4) is 0 Å². The van der Waals surface area contributed by atoms with Crippen LogP contribution < -0.4 is 0 Å². The minimum atomic E-state index is -0.763. The van der Waals surface area contributed by atoms with Gasteiger partial charge in [0.2, 0.25) is 0 Å². The average molecular weight is 210 g/mol. The standard InChI is InChI=1S/C13H22O2/c1-11(2,3)13-6-5-9(10(14)7-13)12(4,15)8-13/h9,15H,5-8H2,1-4H3/t9-,12+,13-/m1/s1. The van der Waals surface area contributed by atoms with Gasteiger partial charge in [0.25, 0.3) is 0 Å². The third-order valence-corrected chi connectivity index (χ3v) is 4.85. The molecule has 3 saturated carbocycles. The summed E-state index contributed by atoms with van der Waals surface area (Å²) < 4.78 is 0. The monoisotopic (exact) mass is 210 g/mol. The maximum absolute atomic E-state index is 12.0. The summed E-state index contributed by atoms with van der Waals surface area (Å²) in [6.07, 6.45) is 3.45. The van der Waals surface area contributed by atoms with Crippen LogP contribution in [0.5, 0.6) is 0 Å². The molecule has 3 aliphatic carbocycles. The van der Waals surface area contributed by atoms with E-state index in [4.69, 9.17) is 0 Å². The highest BCUT2D eigenvalue weighted by molar-refractivity contribution is 5.85. The molecule has 2 nitrogen and oxygen atoms in total. The Morgan fingerprint density at radius 2 is 2.00 bits per heavy atom. The quantitative estimate of drug-likeness (QED) is 0.667. The van der Waals surface area contributed by atoms with Crippen molar-refractivity contribution in [3.63, 3.8) is 0 Å². The second-order valence-electron chi connectivity index (χ2n) is 6.80. The lowest BCUT2D eigenvalue weighted by molar-refractivity contribution is -0.174. The van der Waals surface area contributed by atoms with Gasteiger partial charge in [0, 0.05) is 12.3 Å². The predicted octanol–water partition coefficient (Wildman–Crippen LogP) is 2.54. The molecule has 0 amide bonds. The largest absolute Gasteiger partial charge is 0.389 e. The lowest BCUT2D eigenvalue weighted by Crippen LogP contribution is -2.59. The van der Waals surface area contributed by atoms with Gasteiger partial charge in [0.15, 0.2) is 0 Å². The zero-order chi connectivity index (χ0) is 11.5. The number of ketones is 1. The number of rotatable bonds is 0. The maximum atomic E-state index is 12.0. The molecule has 0 aromatic carbocycles. The molecule has 3 atom stereocenters. The molecule has 15 heavy (non-hydrogen) atoms. The van der Waals surface area contributed by atoms with E-state index in [0.717, 1.165) is 19.3 Å². The summed E-state index contributed by atoms with van der Waals surface area (Å²) >= 11 is 0. The molecule has 3 rings (SSSR count). The fraction of sp³-hybridized carbons (Fsp3) is 0.923. The van der Waals surface area contributed by atoms with E-state index in [0.29, 0.717) is 6.42 Å². The molecule has 0 aliphatic heterocycles. The van der Waals surface area contributed by atoms with Crippen molar-refractivity contribution in [1.29, 1.82) is 0 Å². The van der Waals surface area contributed by atoms with Crippen molar-refractivity contribution in [3.05, 3.63) is 0 Å². The van der Waals surface area contributed by atoms with E-state index >= 15 is 0 Å². The normalized spacial score (nSPS) is 45.9. The predicted molar refractivity (Wildman–Crippen MR) is 59.5 cm³/mol. The van der Waals surface area contributed by atoms with E-state index in [2.05, 4.69) is 20.8 Å². The molecule has 86 valence electrons. The minimum absolute atomic E-state index is 0.0301. The van der Waals surface area contributed by atoms with Gasteiger partial charge in [-0.1, -0.05) is 20.8 Å². The van der Waals surface area contributed by atoms with Crippen LogP contribution in [-0.2, 0) is 4.79 Å². The third-order valence-electron chi connectivity index (χ3n) is 4.85. The van der Waals surface area contributed by atoms with Gasteiger partial charge in [-0.2, -0.15) is 0 Å². The van der Waals surface area contributed by atoms with Crippen LogP contribution in [0.1, 0.15) is 53.4 Å². The Morgan fingerprint density at radius 1 is 1.40 bits per heavy atom. The summed E-state index contributed by atoms with van der Waals surface area (Å²) in [5, 5.41) is 10.3. The second kappa shape index (κ2) is 2.85. The highest BCUT2D eigenvalue weighted by Crippen LogP contribution is 2.60. The Bertz CT molecular complexity index is 298. The van der Waals surface area contributed by atoms with Crippen LogP contribution in [0.15, 0.2) is 0 Å². The summed E-state index contributed by atoms with van der Waals surface area (Å²) in [6, 6.07) is 0. The van der Waals surface area contributed by atoms with Gasteiger partial charge in [-0.15, -0.1) is 0 Å². The summed E-state index contributed by atoms with van der Waals surface area (Å²) in [4.78, 5) is 12.0. The van der Waals surface area contributed by atoms with E-state index in [1.807, 2.05) is 6.92 Å². The molecule has 0 radical (unpaired) electrons. The molecular weight excluding hydrogens is 188 g/mol. The Balaban J connectivity index is 2.40. The SMILES string of the molecule is CC(C)(C)[C@]12CC[C@H](C(=O)C1)[C@@](C)(O)C2. The number of carbonyl (C=O) groups is 1. The first-order chi connectivity index (χ1) is 6.68. The molecule has 3 fully saturated rings. The van der Waals surface area contributed by atoms with Crippen LogP contribution in [-0.4, -0.2) is 16.5 Å². The van der Waals surface area contributed by atoms with Crippen molar-refractivity contribution < 1.29 is 9.90 Å². The number of aliphatic hydroxyl groups is 1. The topological polar surface area (TPSA) is 37.3 Å². The highest BCUT2D eigenvalue weighted by Gasteiger charge is 2.59. The average Bonchev–Trinajstić information content (AvgIpc) is 1.98. The van der Waals surface area contributed by atoms with Crippen LogP contribution in [0.25, 0.3) is 0 Å². The van der Waals surface area contributed by atoms with Gasteiger partial charge in [-0.3, -0.25) is 4.79 Å². The zero-order valence-electron chi connectivity index (χ0n) is 10.3. The maximum Gasteiger partial charge on any atom is 0.139 e. The number of carbonyl (C=O) groups excluding carboxylic acids is 1. The van der Waals surface area contributed by atoms with E-state index < -0.39 is 5.60 Å². The molecular formula is C13H22O2. The van der Waals surface area contributed by atoms with Gasteiger partial charge in [0.05, 0.1) is 5.60 Å². The molecule has 0 unspecified atom stereocenters. The summed E-state index contributed by atoms with van der Waals surface area (Å²) in [5.74, 6) is 0.189. The number of fused-ring (bicyclic) bond motifs is 3. The number of Topliss-reactive ketones (excluding diaryl/α,β-unsaturated/α-hetero) is 1. The third kappa shape index (κ3) is 1.45. The van der Waals surface area contributed by atoms with Crippen molar-refractivity contribution in [1.82, 2.24) is 0 Å². The molecule has 0 aromatic heterocycles. The van der Waals surface area contributed by atoms with Crippen LogP contribution in [0.3, 0.4) is 0 Å². The van der Waals surface area contributed by atoms with Crippen molar-refractivity contribution in [2.24, 2.45) is 16.7 Å². The summed E-state index contributed by atoms with van der Waals surface area (Å²) in [7, 11) is 0. The molecule has 0 aromatic rings. The van der Waals surface area contributed by atoms with E-state index in [-0.39, 0.29) is 22.5 Å². The first-order valence-electron chi connectivity index (χ1n) is 5.93. The Hall–Kier alpha value is -0.370. The molecule has 0 spiro atoms. The van der Waals surface area contributed by atoms with Gasteiger partial charge >= 0.3 is 0 Å². The fourth-order valence-corrected chi connectivity index (χ4v) is 3.65. The van der Waals surface area contributed by atoms with Crippen LogP contribution in [0.4, 0.5) is 0 Å². The zero-order valence-corrected chi connectivity index (χ0v) is 10.3. The lowest BCUT2D eigenvalue weighted by Gasteiger charge is -2.58. The van der Waals surface area contributed by atoms with Gasteiger partial charge in [-0.05, 0) is 37.0 Å². The number of hydrogen-bond acceptors (Lipinski definition) is 2.